The van der Waals surface area contributed by atoms with Gasteiger partial charge in [0.15, 0.2) is 0 Å². The van der Waals surface area contributed by atoms with Crippen LogP contribution in [0.2, 0.25) is 0 Å². The Bertz CT molecular complexity index is 979. The molecule has 146 valence electrons. The highest BCUT2D eigenvalue weighted by molar-refractivity contribution is 6.08. The van der Waals surface area contributed by atoms with E-state index >= 15 is 0 Å². The number of rotatable bonds is 8. The number of hydrogen-bond donors (Lipinski definition) is 0. The first-order valence-electron chi connectivity index (χ1n) is 9.70. The molecule has 0 aliphatic heterocycles. The number of nitrogens with zero attached hydrogens (tertiary/aromatic N) is 2. The normalized spacial score (nSPS) is 14.4. The first-order valence-corrected chi connectivity index (χ1v) is 9.70. The third-order valence-corrected chi connectivity index (χ3v) is 5.58. The zero-order valence-electron chi connectivity index (χ0n) is 16.6. The van der Waals surface area contributed by atoms with Crippen LogP contribution in [-0.4, -0.2) is 29.8 Å². The number of aromatic nitrogens is 1. The van der Waals surface area contributed by atoms with Gasteiger partial charge in [0.25, 0.3) is 0 Å². The summed E-state index contributed by atoms with van der Waals surface area (Å²) in [5, 5.41) is 2.44. The van der Waals surface area contributed by atoms with Gasteiger partial charge in [-0.3, -0.25) is 4.79 Å². The summed E-state index contributed by atoms with van der Waals surface area (Å²) in [6.07, 6.45) is 2.78. The second-order valence-electron chi connectivity index (χ2n) is 7.48. The first kappa shape index (κ1) is 19.8. The molecule has 0 saturated heterocycles. The predicted molar refractivity (Wildman–Crippen MR) is 111 cm³/mol. The van der Waals surface area contributed by atoms with Gasteiger partial charge in [0.05, 0.1) is 12.0 Å². The third-order valence-electron chi connectivity index (χ3n) is 5.58. The van der Waals surface area contributed by atoms with Crippen molar-refractivity contribution in [3.63, 3.8) is 0 Å². The molecule has 0 spiro atoms. The van der Waals surface area contributed by atoms with E-state index in [9.17, 15) is 9.59 Å². The molecular formula is C23H26N2O3. The Morgan fingerprint density at radius 3 is 2.25 bits per heavy atom. The molecule has 5 heteroatoms. The number of esters is 1. The molecule has 3 aromatic rings. The fourth-order valence-corrected chi connectivity index (χ4v) is 3.95. The summed E-state index contributed by atoms with van der Waals surface area (Å²) in [5.74, 6) is -0.247. The van der Waals surface area contributed by atoms with Crippen LogP contribution in [0.15, 0.2) is 53.5 Å². The van der Waals surface area contributed by atoms with Crippen molar-refractivity contribution in [1.82, 2.24) is 4.57 Å². The summed E-state index contributed by atoms with van der Waals surface area (Å²) in [6, 6.07) is 16.9. The second-order valence-corrected chi connectivity index (χ2v) is 7.48. The van der Waals surface area contributed by atoms with Gasteiger partial charge in [0.2, 0.25) is 6.08 Å². The van der Waals surface area contributed by atoms with Crippen LogP contribution >= 0.6 is 0 Å². The highest BCUT2D eigenvalue weighted by Gasteiger charge is 2.35. The number of ether oxygens (including phenoxy) is 1. The number of benzene rings is 2. The molecule has 0 amide bonds. The number of aliphatic imine (C=N–C) groups is 1. The Morgan fingerprint density at radius 1 is 1.14 bits per heavy atom. The van der Waals surface area contributed by atoms with Gasteiger partial charge < -0.3 is 9.30 Å². The minimum absolute atomic E-state index is 0.105. The molecule has 2 unspecified atom stereocenters. The van der Waals surface area contributed by atoms with Crippen molar-refractivity contribution in [2.75, 3.05) is 13.2 Å². The summed E-state index contributed by atoms with van der Waals surface area (Å²) in [4.78, 5) is 26.3. The average molecular weight is 378 g/mol. The highest BCUT2D eigenvalue weighted by Crippen LogP contribution is 2.38. The van der Waals surface area contributed by atoms with Gasteiger partial charge in [0.1, 0.15) is 6.61 Å². The molecule has 3 rings (SSSR count). The van der Waals surface area contributed by atoms with Crippen LogP contribution in [0.3, 0.4) is 0 Å². The van der Waals surface area contributed by atoms with Crippen molar-refractivity contribution in [3.05, 3.63) is 48.5 Å². The minimum atomic E-state index is -0.614. The lowest BCUT2D eigenvalue weighted by molar-refractivity contribution is -0.155. The maximum atomic E-state index is 12.7. The molecule has 0 N–H and O–H groups in total. The summed E-state index contributed by atoms with van der Waals surface area (Å²) < 4.78 is 7.69. The van der Waals surface area contributed by atoms with Gasteiger partial charge in [-0.05, 0) is 38.8 Å². The van der Waals surface area contributed by atoms with Crippen LogP contribution in [0, 0.1) is 5.41 Å². The molecule has 0 saturated carbocycles. The van der Waals surface area contributed by atoms with Crippen LogP contribution in [-0.2, 0) is 14.3 Å². The molecule has 0 bridgehead atoms. The average Bonchev–Trinajstić information content (AvgIpc) is 3.05. The van der Waals surface area contributed by atoms with Gasteiger partial charge in [-0.15, -0.1) is 0 Å². The SMILES string of the molecule is CCC(C)(CC(C)n1c2ccccc2c2ccccc21)C(=O)OCCN=C=O. The lowest BCUT2D eigenvalue weighted by Crippen LogP contribution is -2.32. The summed E-state index contributed by atoms with van der Waals surface area (Å²) in [7, 11) is 0. The van der Waals surface area contributed by atoms with Gasteiger partial charge >= 0.3 is 5.97 Å². The van der Waals surface area contributed by atoms with Crippen molar-refractivity contribution in [3.8, 4) is 0 Å². The number of fused-ring (bicyclic) bond motifs is 3. The molecule has 0 radical (unpaired) electrons. The molecule has 2 aromatic carbocycles. The molecule has 28 heavy (non-hydrogen) atoms. The monoisotopic (exact) mass is 378 g/mol. The maximum Gasteiger partial charge on any atom is 0.311 e. The topological polar surface area (TPSA) is 60.7 Å². The third kappa shape index (κ3) is 3.71. The number of isocyanates is 1. The zero-order valence-corrected chi connectivity index (χ0v) is 16.6. The summed E-state index contributed by atoms with van der Waals surface area (Å²) in [6.45, 7) is 6.35. The van der Waals surface area contributed by atoms with E-state index < -0.39 is 5.41 Å². The Balaban J connectivity index is 1.91. The number of para-hydroxylation sites is 2. The predicted octanol–water partition coefficient (Wildman–Crippen LogP) is 5.04. The van der Waals surface area contributed by atoms with Gasteiger partial charge in [-0.2, -0.15) is 0 Å². The van der Waals surface area contributed by atoms with Crippen molar-refractivity contribution in [2.24, 2.45) is 10.4 Å². The van der Waals surface area contributed by atoms with Crippen molar-refractivity contribution >= 4 is 33.9 Å². The van der Waals surface area contributed by atoms with Crippen molar-refractivity contribution < 1.29 is 14.3 Å². The van der Waals surface area contributed by atoms with Crippen LogP contribution in [0.25, 0.3) is 21.8 Å². The second kappa shape index (κ2) is 8.41. The number of hydrogen-bond acceptors (Lipinski definition) is 4. The minimum Gasteiger partial charge on any atom is -0.463 e. The van der Waals surface area contributed by atoms with E-state index in [2.05, 4.69) is 52.9 Å². The molecular weight excluding hydrogens is 352 g/mol. The zero-order chi connectivity index (χ0) is 20.1. The molecule has 2 atom stereocenters. The van der Waals surface area contributed by atoms with Gasteiger partial charge in [0, 0.05) is 27.8 Å². The van der Waals surface area contributed by atoms with E-state index in [0.29, 0.717) is 12.8 Å². The Morgan fingerprint density at radius 2 is 1.71 bits per heavy atom. The highest BCUT2D eigenvalue weighted by atomic mass is 16.5. The van der Waals surface area contributed by atoms with Gasteiger partial charge in [-0.1, -0.05) is 43.3 Å². The van der Waals surface area contributed by atoms with E-state index in [0.717, 1.165) is 0 Å². The van der Waals surface area contributed by atoms with Crippen LogP contribution in [0.5, 0.6) is 0 Å². The van der Waals surface area contributed by atoms with E-state index in [1.165, 1.54) is 27.9 Å². The van der Waals surface area contributed by atoms with Crippen LogP contribution in [0.1, 0.15) is 39.7 Å². The lowest BCUT2D eigenvalue weighted by Gasteiger charge is -2.30. The van der Waals surface area contributed by atoms with Crippen LogP contribution in [0.4, 0.5) is 0 Å². The fraction of sp³-hybridized carbons (Fsp3) is 0.391. The summed E-state index contributed by atoms with van der Waals surface area (Å²) >= 11 is 0. The summed E-state index contributed by atoms with van der Waals surface area (Å²) in [5.41, 5.74) is 1.73. The van der Waals surface area contributed by atoms with E-state index in [4.69, 9.17) is 4.74 Å². The van der Waals surface area contributed by atoms with E-state index in [1.54, 1.807) is 0 Å². The van der Waals surface area contributed by atoms with Crippen LogP contribution < -0.4 is 0 Å². The van der Waals surface area contributed by atoms with Gasteiger partial charge in [-0.25, -0.2) is 9.79 Å². The Labute approximate surface area is 165 Å². The largest absolute Gasteiger partial charge is 0.463 e. The lowest BCUT2D eigenvalue weighted by atomic mass is 9.81. The van der Waals surface area contributed by atoms with Crippen molar-refractivity contribution in [2.45, 2.75) is 39.7 Å². The standard InChI is InChI=1S/C23H26N2O3/c1-4-23(3,22(27)28-14-13-24-16-26)15-17(2)25-20-11-7-5-9-18(20)19-10-6-8-12-21(19)25/h5-12,17H,4,13-15H2,1-3H3. The first-order chi connectivity index (χ1) is 13.5. The molecule has 0 aliphatic carbocycles. The number of carbonyl (C=O) groups excluding carboxylic acids is 2. The van der Waals surface area contributed by atoms with Crippen molar-refractivity contribution in [1.29, 1.82) is 0 Å². The molecule has 5 nitrogen and oxygen atoms in total. The van der Waals surface area contributed by atoms with E-state index in [-0.39, 0.29) is 25.2 Å². The quantitative estimate of drug-likeness (QED) is 0.239. The maximum absolute atomic E-state index is 12.7. The Hall–Kier alpha value is -2.91. The molecule has 1 heterocycles. The fourth-order valence-electron chi connectivity index (χ4n) is 3.95. The Kier molecular flexibility index (Phi) is 5.96. The van der Waals surface area contributed by atoms with E-state index in [1.807, 2.05) is 26.0 Å². The molecule has 1 aromatic heterocycles. The number of carbonyl (C=O) groups is 1. The smallest absolute Gasteiger partial charge is 0.311 e. The molecule has 0 aliphatic rings. The molecule has 0 fully saturated rings.